The predicted octanol–water partition coefficient (Wildman–Crippen LogP) is -1.63. The second-order valence-electron chi connectivity index (χ2n) is 1.39. The van der Waals surface area contributed by atoms with E-state index < -0.39 is 17.9 Å². The van der Waals surface area contributed by atoms with Crippen LogP contribution in [0.5, 0.6) is 0 Å². The fraction of sp³-hybridized carbons (Fsp3) is 0.250. The highest BCUT2D eigenvalue weighted by Gasteiger charge is 2.15. The largest absolute Gasteiger partial charge is 0.453 e. The molecule has 3 N–H and O–H groups in total. The molecule has 0 rings (SSSR count). The number of alkyl carbamates (subject to hydrolysis) is 1. The van der Waals surface area contributed by atoms with E-state index in [4.69, 9.17) is 5.21 Å². The normalized spacial score (nSPS) is 8.18. The number of methoxy groups -OCH3 is 1. The van der Waals surface area contributed by atoms with Gasteiger partial charge in [0.25, 0.3) is 0 Å². The van der Waals surface area contributed by atoms with E-state index in [1.807, 2.05) is 0 Å². The Morgan fingerprint density at radius 2 is 1.82 bits per heavy atom. The molecule has 7 heteroatoms. The first-order chi connectivity index (χ1) is 5.11. The molecule has 0 heterocycles. The van der Waals surface area contributed by atoms with Crippen molar-refractivity contribution < 1.29 is 24.3 Å². The minimum absolute atomic E-state index is 1.03. The van der Waals surface area contributed by atoms with Crippen LogP contribution in [-0.4, -0.2) is 30.2 Å². The van der Waals surface area contributed by atoms with Crippen LogP contribution in [0.1, 0.15) is 0 Å². The van der Waals surface area contributed by atoms with Crippen molar-refractivity contribution in [3.63, 3.8) is 0 Å². The van der Waals surface area contributed by atoms with Crippen molar-refractivity contribution in [3.8, 4) is 0 Å². The summed E-state index contributed by atoms with van der Waals surface area (Å²) in [6.07, 6.45) is -1.07. The van der Waals surface area contributed by atoms with Gasteiger partial charge >= 0.3 is 17.9 Å². The lowest BCUT2D eigenvalue weighted by Gasteiger charge is -1.98. The van der Waals surface area contributed by atoms with E-state index in [2.05, 4.69) is 4.74 Å². The van der Waals surface area contributed by atoms with Crippen molar-refractivity contribution in [1.82, 2.24) is 10.8 Å². The molecule has 0 aliphatic heterocycles. The zero-order chi connectivity index (χ0) is 8.85. The molecular formula is C4H6N2O5. The van der Waals surface area contributed by atoms with Gasteiger partial charge in [0, 0.05) is 0 Å². The van der Waals surface area contributed by atoms with Crippen LogP contribution in [0, 0.1) is 0 Å². The summed E-state index contributed by atoms with van der Waals surface area (Å²) in [7, 11) is 1.03. The molecule has 11 heavy (non-hydrogen) atoms. The molecule has 0 aliphatic carbocycles. The number of imide groups is 1. The van der Waals surface area contributed by atoms with Crippen LogP contribution in [0.3, 0.4) is 0 Å². The summed E-state index contributed by atoms with van der Waals surface area (Å²) in [4.78, 5) is 30.8. The third kappa shape index (κ3) is 3.16. The Morgan fingerprint density at radius 3 is 2.18 bits per heavy atom. The van der Waals surface area contributed by atoms with Gasteiger partial charge in [-0.05, 0) is 0 Å². The Balaban J connectivity index is 3.88. The van der Waals surface area contributed by atoms with Crippen molar-refractivity contribution in [2.24, 2.45) is 0 Å². The standard InChI is InChI=1S/C4H6N2O5/c1-11-4(9)5-2(7)3(8)6-10/h10H,1H3,(H,6,8)(H,5,7,9). The minimum atomic E-state index is -1.34. The highest BCUT2D eigenvalue weighted by molar-refractivity contribution is 6.37. The van der Waals surface area contributed by atoms with E-state index in [9.17, 15) is 14.4 Å². The number of amides is 3. The van der Waals surface area contributed by atoms with Crippen LogP contribution >= 0.6 is 0 Å². The molecule has 0 bridgehead atoms. The van der Waals surface area contributed by atoms with Crippen molar-refractivity contribution in [1.29, 1.82) is 0 Å². The molecule has 0 unspecified atom stereocenters. The predicted molar refractivity (Wildman–Crippen MR) is 30.5 cm³/mol. The van der Waals surface area contributed by atoms with Crippen LogP contribution < -0.4 is 10.8 Å². The van der Waals surface area contributed by atoms with Crippen LogP contribution in [0.25, 0.3) is 0 Å². The van der Waals surface area contributed by atoms with E-state index in [0.717, 1.165) is 12.6 Å². The third-order valence-corrected chi connectivity index (χ3v) is 0.709. The lowest BCUT2D eigenvalue weighted by molar-refractivity contribution is -0.143. The molecule has 0 fully saturated rings. The van der Waals surface area contributed by atoms with Gasteiger partial charge in [-0.15, -0.1) is 0 Å². The molecule has 0 aromatic heterocycles. The summed E-state index contributed by atoms with van der Waals surface area (Å²) >= 11 is 0. The molecule has 0 spiro atoms. The van der Waals surface area contributed by atoms with Gasteiger partial charge < -0.3 is 4.74 Å². The smallest absolute Gasteiger partial charge is 0.413 e. The van der Waals surface area contributed by atoms with Crippen molar-refractivity contribution in [2.45, 2.75) is 0 Å². The molecule has 0 saturated heterocycles. The van der Waals surface area contributed by atoms with Crippen LogP contribution in [0.4, 0.5) is 4.79 Å². The summed E-state index contributed by atoms with van der Waals surface area (Å²) in [5, 5.41) is 9.39. The summed E-state index contributed by atoms with van der Waals surface area (Å²) in [5.41, 5.74) is 1.04. The zero-order valence-corrected chi connectivity index (χ0v) is 5.58. The Hall–Kier alpha value is -1.63. The van der Waals surface area contributed by atoms with Crippen LogP contribution in [0.2, 0.25) is 0 Å². The Morgan fingerprint density at radius 1 is 1.27 bits per heavy atom. The SMILES string of the molecule is COC(=O)NC(=O)C(=O)NO. The van der Waals surface area contributed by atoms with E-state index >= 15 is 0 Å². The van der Waals surface area contributed by atoms with E-state index in [0.29, 0.717) is 0 Å². The highest BCUT2D eigenvalue weighted by atomic mass is 16.5. The first kappa shape index (κ1) is 9.37. The van der Waals surface area contributed by atoms with Gasteiger partial charge in [-0.3, -0.25) is 20.1 Å². The number of ether oxygens (including phenoxy) is 1. The van der Waals surface area contributed by atoms with Gasteiger partial charge in [0.2, 0.25) is 0 Å². The lowest BCUT2D eigenvalue weighted by atomic mass is 10.6. The van der Waals surface area contributed by atoms with E-state index in [-0.39, 0.29) is 0 Å². The van der Waals surface area contributed by atoms with Gasteiger partial charge in [-0.2, -0.15) is 0 Å². The summed E-state index contributed by atoms with van der Waals surface area (Å²) in [5.74, 6) is -2.63. The maximum absolute atomic E-state index is 10.4. The van der Waals surface area contributed by atoms with Gasteiger partial charge in [-0.25, -0.2) is 10.3 Å². The average Bonchev–Trinajstić information content (AvgIpc) is 2.02. The maximum Gasteiger partial charge on any atom is 0.413 e. The molecular weight excluding hydrogens is 156 g/mol. The number of nitrogens with one attached hydrogen (secondary N) is 2. The quantitative estimate of drug-likeness (QED) is 0.225. The lowest BCUT2D eigenvalue weighted by Crippen LogP contribution is -2.41. The molecule has 0 atom stereocenters. The molecule has 0 radical (unpaired) electrons. The number of rotatable bonds is 0. The second-order valence-corrected chi connectivity index (χ2v) is 1.39. The molecule has 62 valence electrons. The Kier molecular flexibility index (Phi) is 3.60. The molecule has 7 nitrogen and oxygen atoms in total. The minimum Gasteiger partial charge on any atom is -0.453 e. The number of hydrogen-bond acceptors (Lipinski definition) is 5. The molecule has 0 saturated carbocycles. The monoisotopic (exact) mass is 162 g/mol. The molecule has 0 aromatic rings. The number of hydrogen-bond donors (Lipinski definition) is 3. The Labute approximate surface area is 61.3 Å². The van der Waals surface area contributed by atoms with E-state index in [1.54, 1.807) is 0 Å². The summed E-state index contributed by atoms with van der Waals surface area (Å²) in [6, 6.07) is 0. The third-order valence-electron chi connectivity index (χ3n) is 0.709. The summed E-state index contributed by atoms with van der Waals surface area (Å²) in [6.45, 7) is 0. The number of carbonyl (C=O) groups excluding carboxylic acids is 3. The number of carbonyl (C=O) groups is 3. The fourth-order valence-electron chi connectivity index (χ4n) is 0.251. The van der Waals surface area contributed by atoms with Gasteiger partial charge in [0.05, 0.1) is 7.11 Å². The van der Waals surface area contributed by atoms with Crippen LogP contribution in [0.15, 0.2) is 0 Å². The van der Waals surface area contributed by atoms with Crippen molar-refractivity contribution >= 4 is 17.9 Å². The zero-order valence-electron chi connectivity index (χ0n) is 5.58. The van der Waals surface area contributed by atoms with Gasteiger partial charge in [0.1, 0.15) is 0 Å². The second kappa shape index (κ2) is 4.23. The molecule has 0 aliphatic rings. The highest BCUT2D eigenvalue weighted by Crippen LogP contribution is 1.71. The topological polar surface area (TPSA) is 105 Å². The number of hydroxylamine groups is 1. The Bertz CT molecular complexity index is 189. The molecule has 3 amide bonds. The first-order valence-electron chi connectivity index (χ1n) is 2.45. The van der Waals surface area contributed by atoms with Crippen molar-refractivity contribution in [2.75, 3.05) is 7.11 Å². The maximum atomic E-state index is 10.4. The van der Waals surface area contributed by atoms with Crippen molar-refractivity contribution in [3.05, 3.63) is 0 Å². The molecule has 0 aromatic carbocycles. The average molecular weight is 162 g/mol. The van der Waals surface area contributed by atoms with Crippen LogP contribution in [-0.2, 0) is 14.3 Å². The summed E-state index contributed by atoms with van der Waals surface area (Å²) < 4.78 is 3.98. The van der Waals surface area contributed by atoms with E-state index in [1.165, 1.54) is 5.32 Å². The van der Waals surface area contributed by atoms with Gasteiger partial charge in [0.15, 0.2) is 0 Å². The first-order valence-corrected chi connectivity index (χ1v) is 2.45. The van der Waals surface area contributed by atoms with Gasteiger partial charge in [-0.1, -0.05) is 0 Å². The fourth-order valence-corrected chi connectivity index (χ4v) is 0.251.